The molecule has 5 heteroatoms. The zero-order valence-corrected chi connectivity index (χ0v) is 12.5. The molecular formula is C16H20N2O3. The Morgan fingerprint density at radius 3 is 2.67 bits per heavy atom. The van der Waals surface area contributed by atoms with E-state index in [0.29, 0.717) is 11.8 Å². The molecule has 5 nitrogen and oxygen atoms in total. The molecule has 0 radical (unpaired) electrons. The quantitative estimate of drug-likeness (QED) is 0.630. The van der Waals surface area contributed by atoms with E-state index in [2.05, 4.69) is 25.3 Å². The van der Waals surface area contributed by atoms with Crippen molar-refractivity contribution < 1.29 is 9.66 Å². The van der Waals surface area contributed by atoms with Crippen molar-refractivity contribution in [2.75, 3.05) is 0 Å². The van der Waals surface area contributed by atoms with Gasteiger partial charge < -0.3 is 9.30 Å². The summed E-state index contributed by atoms with van der Waals surface area (Å²) in [5.41, 5.74) is 1.11. The second-order valence-electron chi connectivity index (χ2n) is 5.91. The van der Waals surface area contributed by atoms with Gasteiger partial charge in [-0.05, 0) is 24.5 Å². The lowest BCUT2D eigenvalue weighted by Gasteiger charge is -2.19. The monoisotopic (exact) mass is 288 g/mol. The van der Waals surface area contributed by atoms with Gasteiger partial charge in [0.1, 0.15) is 6.23 Å². The Bertz CT molecular complexity index is 679. The summed E-state index contributed by atoms with van der Waals surface area (Å²) in [6.07, 6.45) is 3.26. The molecule has 4 atom stereocenters. The first-order valence-electron chi connectivity index (χ1n) is 7.43. The Hall–Kier alpha value is -1.88. The first kappa shape index (κ1) is 14.1. The van der Waals surface area contributed by atoms with Gasteiger partial charge in [0.05, 0.1) is 16.5 Å². The third kappa shape index (κ3) is 2.21. The van der Waals surface area contributed by atoms with Crippen LogP contribution in [0.2, 0.25) is 0 Å². The lowest BCUT2D eigenvalue weighted by molar-refractivity contribution is -0.384. The Morgan fingerprint density at radius 2 is 2.05 bits per heavy atom. The maximum Gasteiger partial charge on any atom is 0.270 e. The predicted molar refractivity (Wildman–Crippen MR) is 81.1 cm³/mol. The van der Waals surface area contributed by atoms with Gasteiger partial charge in [-0.2, -0.15) is 0 Å². The van der Waals surface area contributed by atoms with Crippen molar-refractivity contribution in [1.29, 1.82) is 0 Å². The smallest absolute Gasteiger partial charge is 0.270 e. The van der Waals surface area contributed by atoms with Crippen LogP contribution in [-0.4, -0.2) is 15.6 Å². The molecule has 0 N–H and O–H groups in total. The summed E-state index contributed by atoms with van der Waals surface area (Å²) in [5.74, 6) is 0.927. The maximum atomic E-state index is 10.9. The summed E-state index contributed by atoms with van der Waals surface area (Å²) in [5, 5.41) is 11.7. The predicted octanol–water partition coefficient (Wildman–Crippen LogP) is 4.13. The van der Waals surface area contributed by atoms with Gasteiger partial charge in [-0.1, -0.05) is 20.8 Å². The minimum Gasteiger partial charge on any atom is -0.354 e. The van der Waals surface area contributed by atoms with Gasteiger partial charge >= 0.3 is 0 Å². The number of rotatable bonds is 3. The first-order chi connectivity index (χ1) is 10.0. The summed E-state index contributed by atoms with van der Waals surface area (Å²) in [6.45, 7) is 6.59. The van der Waals surface area contributed by atoms with Crippen molar-refractivity contribution >= 4 is 16.6 Å². The second kappa shape index (κ2) is 5.15. The van der Waals surface area contributed by atoms with Gasteiger partial charge in [0.25, 0.3) is 5.69 Å². The third-order valence-corrected chi connectivity index (χ3v) is 4.77. The van der Waals surface area contributed by atoms with Crippen molar-refractivity contribution in [1.82, 2.24) is 4.57 Å². The van der Waals surface area contributed by atoms with Crippen molar-refractivity contribution in [3.63, 3.8) is 0 Å². The van der Waals surface area contributed by atoms with Crippen molar-refractivity contribution in [2.24, 2.45) is 11.8 Å². The third-order valence-electron chi connectivity index (χ3n) is 4.77. The molecule has 2 heterocycles. The summed E-state index contributed by atoms with van der Waals surface area (Å²) < 4.78 is 8.30. The number of hydrogen-bond acceptors (Lipinski definition) is 3. The molecule has 0 spiro atoms. The van der Waals surface area contributed by atoms with Crippen LogP contribution in [0.25, 0.3) is 10.9 Å². The maximum absolute atomic E-state index is 10.9. The molecule has 1 saturated heterocycles. The van der Waals surface area contributed by atoms with Gasteiger partial charge in [-0.25, -0.2) is 0 Å². The van der Waals surface area contributed by atoms with E-state index in [-0.39, 0.29) is 22.9 Å². The van der Waals surface area contributed by atoms with E-state index in [1.54, 1.807) is 12.1 Å². The number of fused-ring (bicyclic) bond motifs is 1. The molecule has 21 heavy (non-hydrogen) atoms. The van der Waals surface area contributed by atoms with Crippen molar-refractivity contribution in [2.45, 2.75) is 39.5 Å². The number of ether oxygens (including phenoxy) is 1. The molecule has 0 aliphatic carbocycles. The Balaban J connectivity index is 2.00. The number of benzene rings is 1. The van der Waals surface area contributed by atoms with Crippen LogP contribution in [-0.2, 0) is 4.74 Å². The fourth-order valence-electron chi connectivity index (χ4n) is 3.30. The van der Waals surface area contributed by atoms with E-state index in [9.17, 15) is 10.1 Å². The van der Waals surface area contributed by atoms with Crippen LogP contribution >= 0.6 is 0 Å². The van der Waals surface area contributed by atoms with E-state index in [0.717, 1.165) is 17.3 Å². The van der Waals surface area contributed by atoms with Crippen LogP contribution in [0.3, 0.4) is 0 Å². The highest BCUT2D eigenvalue weighted by Crippen LogP contribution is 2.41. The van der Waals surface area contributed by atoms with Crippen LogP contribution in [0.4, 0.5) is 5.69 Å². The van der Waals surface area contributed by atoms with Crippen molar-refractivity contribution in [3.05, 3.63) is 40.6 Å². The normalized spacial score (nSPS) is 29.1. The Morgan fingerprint density at radius 1 is 1.29 bits per heavy atom. The number of aromatic nitrogens is 1. The van der Waals surface area contributed by atoms with Gasteiger partial charge in [-0.3, -0.25) is 10.1 Å². The summed E-state index contributed by atoms with van der Waals surface area (Å²) in [6, 6.07) is 6.90. The van der Waals surface area contributed by atoms with Crippen LogP contribution in [0.5, 0.6) is 0 Å². The van der Waals surface area contributed by atoms with Gasteiger partial charge in [0.15, 0.2) is 0 Å². The van der Waals surface area contributed by atoms with Crippen LogP contribution in [0, 0.1) is 22.0 Å². The van der Waals surface area contributed by atoms with E-state index < -0.39 is 0 Å². The molecule has 0 bridgehead atoms. The molecule has 0 saturated carbocycles. The number of nitro benzene ring substituents is 1. The van der Waals surface area contributed by atoms with E-state index in [4.69, 9.17) is 4.74 Å². The van der Waals surface area contributed by atoms with E-state index in [1.807, 2.05) is 18.3 Å². The number of non-ortho nitro benzene ring substituents is 1. The molecule has 3 rings (SSSR count). The Kier molecular flexibility index (Phi) is 3.45. The second-order valence-corrected chi connectivity index (χ2v) is 5.91. The zero-order chi connectivity index (χ0) is 15.1. The van der Waals surface area contributed by atoms with Crippen LogP contribution < -0.4 is 0 Å². The topological polar surface area (TPSA) is 57.3 Å². The number of nitro groups is 1. The van der Waals surface area contributed by atoms with Gasteiger partial charge in [-0.15, -0.1) is 0 Å². The lowest BCUT2D eigenvalue weighted by atomic mass is 9.91. The first-order valence-corrected chi connectivity index (χ1v) is 7.43. The minimum atomic E-state index is -0.360. The molecule has 1 aliphatic heterocycles. The highest BCUT2D eigenvalue weighted by molar-refractivity contribution is 5.82. The molecule has 112 valence electrons. The SMILES string of the molecule is CC[C@H]1OC(n2ccc3cc([N+](=O)[O-])ccc32)C(C)[C@H]1C. The standard InChI is InChI=1S/C16H20N2O3/c1-4-15-10(2)11(3)16(21-15)17-8-7-12-9-13(18(19)20)5-6-14(12)17/h5-11,15-16H,4H2,1-3H3/t10-,11?,15-,16?/m1/s1. The minimum absolute atomic E-state index is 0.00362. The van der Waals surface area contributed by atoms with E-state index in [1.165, 1.54) is 0 Å². The fourth-order valence-corrected chi connectivity index (χ4v) is 3.30. The molecule has 1 fully saturated rings. The average molecular weight is 288 g/mol. The molecule has 0 amide bonds. The zero-order valence-electron chi connectivity index (χ0n) is 12.5. The molecule has 2 unspecified atom stereocenters. The molecule has 2 aromatic rings. The summed E-state index contributed by atoms with van der Waals surface area (Å²) in [4.78, 5) is 10.5. The van der Waals surface area contributed by atoms with Gasteiger partial charge in [0, 0.05) is 29.6 Å². The van der Waals surface area contributed by atoms with Gasteiger partial charge in [0.2, 0.25) is 0 Å². The van der Waals surface area contributed by atoms with Crippen LogP contribution in [0.15, 0.2) is 30.5 Å². The summed E-state index contributed by atoms with van der Waals surface area (Å²) in [7, 11) is 0. The Labute approximate surface area is 123 Å². The largest absolute Gasteiger partial charge is 0.354 e. The number of nitrogens with zero attached hydrogens (tertiary/aromatic N) is 2. The molecule has 1 aliphatic rings. The fraction of sp³-hybridized carbons (Fsp3) is 0.500. The molecule has 1 aromatic carbocycles. The summed E-state index contributed by atoms with van der Waals surface area (Å²) >= 11 is 0. The molecular weight excluding hydrogens is 268 g/mol. The highest BCUT2D eigenvalue weighted by atomic mass is 16.6. The van der Waals surface area contributed by atoms with Crippen LogP contribution in [0.1, 0.15) is 33.4 Å². The average Bonchev–Trinajstić information content (AvgIpc) is 3.01. The molecule has 1 aromatic heterocycles. The number of hydrogen-bond donors (Lipinski definition) is 0. The van der Waals surface area contributed by atoms with E-state index >= 15 is 0 Å². The highest BCUT2D eigenvalue weighted by Gasteiger charge is 2.39. The lowest BCUT2D eigenvalue weighted by Crippen LogP contribution is -2.15. The van der Waals surface area contributed by atoms with Crippen molar-refractivity contribution in [3.8, 4) is 0 Å².